The highest BCUT2D eigenvalue weighted by Crippen LogP contribution is 2.58. The van der Waals surface area contributed by atoms with Crippen molar-refractivity contribution in [1.29, 1.82) is 0 Å². The predicted molar refractivity (Wildman–Crippen MR) is 174 cm³/mol. The molecular formula is C31H35BrN8O13. The summed E-state index contributed by atoms with van der Waals surface area (Å²) in [7, 11) is 1.39. The number of urea groups is 4. The molecule has 1 aromatic rings. The van der Waals surface area contributed by atoms with Gasteiger partial charge in [0.1, 0.15) is 19.1 Å². The van der Waals surface area contributed by atoms with Crippen LogP contribution in [0.2, 0.25) is 0 Å². The van der Waals surface area contributed by atoms with Crippen LogP contribution in [0.4, 0.5) is 19.2 Å². The lowest BCUT2D eigenvalue weighted by molar-refractivity contribution is -0.205. The van der Waals surface area contributed by atoms with Gasteiger partial charge in [0.05, 0.1) is 46.6 Å². The second-order valence-electron chi connectivity index (χ2n) is 12.4. The van der Waals surface area contributed by atoms with Crippen LogP contribution in [0.25, 0.3) is 0 Å². The van der Waals surface area contributed by atoms with E-state index in [4.69, 9.17) is 23.7 Å². The van der Waals surface area contributed by atoms with Crippen LogP contribution in [0.15, 0.2) is 16.6 Å². The Morgan fingerprint density at radius 3 is 1.49 bits per heavy atom. The number of halogens is 1. The number of hydrogen-bond donors (Lipinski definition) is 2. The summed E-state index contributed by atoms with van der Waals surface area (Å²) in [6.07, 6.45) is 0. The first-order valence-corrected chi connectivity index (χ1v) is 17.5. The lowest BCUT2D eigenvalue weighted by atomic mass is 9.89. The number of nitrogens with one attached hydrogen (secondary N) is 2. The fraction of sp³-hybridized carbons (Fsp3) is 0.548. The van der Waals surface area contributed by atoms with E-state index in [9.17, 15) is 28.8 Å². The van der Waals surface area contributed by atoms with Gasteiger partial charge >= 0.3 is 48.0 Å². The molecular weight excluding hydrogens is 772 g/mol. The van der Waals surface area contributed by atoms with Gasteiger partial charge in [0.25, 0.3) is 22.7 Å². The van der Waals surface area contributed by atoms with Crippen LogP contribution < -0.4 is 15.4 Å². The molecule has 0 radical (unpaired) electrons. The van der Waals surface area contributed by atoms with Crippen molar-refractivity contribution in [2.45, 2.75) is 63.4 Å². The molecule has 2 N–H and O–H groups in total. The van der Waals surface area contributed by atoms with Crippen molar-refractivity contribution in [2.24, 2.45) is 0 Å². The molecule has 22 heteroatoms. The maximum Gasteiger partial charge on any atom is 0.359 e. The fourth-order valence-electron chi connectivity index (χ4n) is 8.47. The lowest BCUT2D eigenvalue weighted by Gasteiger charge is -2.51. The molecule has 53 heavy (non-hydrogen) atoms. The molecule has 8 amide bonds. The van der Waals surface area contributed by atoms with E-state index in [1.165, 1.54) is 34.8 Å². The van der Waals surface area contributed by atoms with Gasteiger partial charge in [0.15, 0.2) is 0 Å². The first-order valence-electron chi connectivity index (χ1n) is 16.7. The molecule has 4 atom stereocenters. The largest absolute Gasteiger partial charge is 0.496 e. The minimum atomic E-state index is -2.83. The molecule has 5 fully saturated rings. The average molecular weight is 808 g/mol. The van der Waals surface area contributed by atoms with Crippen LogP contribution in [-0.4, -0.2) is 147 Å². The van der Waals surface area contributed by atoms with Crippen molar-refractivity contribution in [3.05, 3.63) is 27.7 Å². The Hall–Kier alpha value is -5.54. The third kappa shape index (κ3) is 3.90. The Kier molecular flexibility index (Phi) is 8.11. The second-order valence-corrected chi connectivity index (χ2v) is 13.3. The number of hydrogen-bond acceptors (Lipinski definition) is 13. The van der Waals surface area contributed by atoms with Gasteiger partial charge in [-0.05, 0) is 45.4 Å². The summed E-state index contributed by atoms with van der Waals surface area (Å²) in [4.78, 5) is 121. The number of fused-ring (bicyclic) bond motifs is 1. The van der Waals surface area contributed by atoms with Gasteiger partial charge in [-0.1, -0.05) is 15.9 Å². The Morgan fingerprint density at radius 1 is 0.623 bits per heavy atom. The molecule has 6 heterocycles. The number of benzene rings is 1. The number of carbonyl (C=O) groups excluding carboxylic acids is 8. The SMILES string of the molecule is CCOC(=O)[C@]12NC(=O)N3CN4C(=O)N5Cc6c(Br)ccc(OC)c6CN6C(=O)N(CN(C(=O)N1)[C@@]32C(=O)OCC)[C@@]4(C(=O)OCC)[C@]56C(=O)OCC. The molecule has 21 nitrogen and oxygen atoms in total. The quantitative estimate of drug-likeness (QED) is 0.247. The highest BCUT2D eigenvalue weighted by Gasteiger charge is 2.91. The number of nitrogens with zero attached hydrogens (tertiary/aromatic N) is 6. The molecule has 0 spiro atoms. The van der Waals surface area contributed by atoms with Crippen molar-refractivity contribution >= 4 is 63.9 Å². The van der Waals surface area contributed by atoms with Crippen molar-refractivity contribution in [2.75, 3.05) is 46.9 Å². The molecule has 1 aromatic carbocycles. The monoisotopic (exact) mass is 806 g/mol. The van der Waals surface area contributed by atoms with E-state index in [0.717, 1.165) is 19.6 Å². The highest BCUT2D eigenvalue weighted by atomic mass is 79.9. The normalized spacial score (nSPS) is 29.0. The zero-order valence-electron chi connectivity index (χ0n) is 29.2. The van der Waals surface area contributed by atoms with E-state index >= 15 is 9.59 Å². The average Bonchev–Trinajstić information content (AvgIpc) is 3.60. The summed E-state index contributed by atoms with van der Waals surface area (Å²) in [6.45, 7) is 1.67. The summed E-state index contributed by atoms with van der Waals surface area (Å²) >= 11 is 3.51. The lowest BCUT2D eigenvalue weighted by Crippen LogP contribution is -2.81. The van der Waals surface area contributed by atoms with Gasteiger partial charge in [-0.15, -0.1) is 0 Å². The summed E-state index contributed by atoms with van der Waals surface area (Å²) in [5.41, 5.74) is -10.2. The van der Waals surface area contributed by atoms with Gasteiger partial charge < -0.3 is 34.3 Å². The Labute approximate surface area is 309 Å². The molecule has 0 unspecified atom stereocenters. The number of carbonyl (C=O) groups is 8. The van der Waals surface area contributed by atoms with Gasteiger partial charge in [-0.3, -0.25) is 29.4 Å². The molecule has 6 aliphatic rings. The smallest absolute Gasteiger partial charge is 0.359 e. The van der Waals surface area contributed by atoms with E-state index in [0.29, 0.717) is 25.4 Å². The van der Waals surface area contributed by atoms with E-state index in [1.54, 1.807) is 12.1 Å². The highest BCUT2D eigenvalue weighted by molar-refractivity contribution is 9.10. The maximum absolute atomic E-state index is 15.2. The molecule has 0 bridgehead atoms. The summed E-state index contributed by atoms with van der Waals surface area (Å²) in [5, 5.41) is 4.71. The number of esters is 4. The minimum Gasteiger partial charge on any atom is -0.496 e. The number of amides is 8. The molecule has 284 valence electrons. The molecule has 5 saturated heterocycles. The van der Waals surface area contributed by atoms with Crippen LogP contribution in [0.1, 0.15) is 38.8 Å². The van der Waals surface area contributed by atoms with Gasteiger partial charge in [0, 0.05) is 10.0 Å². The van der Waals surface area contributed by atoms with Crippen LogP contribution in [0.5, 0.6) is 5.75 Å². The van der Waals surface area contributed by atoms with Crippen molar-refractivity contribution in [1.82, 2.24) is 40.0 Å². The fourth-order valence-corrected chi connectivity index (χ4v) is 8.97. The van der Waals surface area contributed by atoms with Gasteiger partial charge in [-0.2, -0.15) is 0 Å². The van der Waals surface area contributed by atoms with E-state index in [1.807, 2.05) is 0 Å². The number of ether oxygens (including phenoxy) is 5. The Bertz CT molecular complexity index is 1900. The first kappa shape index (κ1) is 35.8. The van der Waals surface area contributed by atoms with Crippen LogP contribution >= 0.6 is 15.9 Å². The molecule has 6 aliphatic heterocycles. The topological polar surface area (TPSA) is 226 Å². The van der Waals surface area contributed by atoms with Gasteiger partial charge in [-0.25, -0.2) is 38.4 Å². The van der Waals surface area contributed by atoms with Crippen molar-refractivity contribution < 1.29 is 62.0 Å². The Balaban J connectivity index is 1.58. The molecule has 0 aromatic heterocycles. The standard InChI is InChI=1S/C31H35BrN8O13/c1-6-50-20(41)28-29(21(42)51-7-2)37(24(45)33-28)14-39-26(47)35-12-16-17(19(49-5)11-10-18(16)32)13-36-27(48)40(15-38(29)25(46)34-28)31(39,23(44)53-9-4)30(35,36)22(43)52-8-3/h10-11H,6-9,12-15H2,1-5H3,(H,33,45)(H,34,46)/t28-,29+,30+,31-/m0/s1. The minimum absolute atomic E-state index is 0.252. The van der Waals surface area contributed by atoms with Crippen molar-refractivity contribution in [3.8, 4) is 5.75 Å². The second kappa shape index (κ2) is 12.0. The number of methoxy groups -OCH3 is 1. The van der Waals surface area contributed by atoms with Gasteiger partial charge in [0.2, 0.25) is 0 Å². The predicted octanol–water partition coefficient (Wildman–Crippen LogP) is -0.0369. The Morgan fingerprint density at radius 2 is 1.04 bits per heavy atom. The summed E-state index contributed by atoms with van der Waals surface area (Å²) in [5.74, 6) is -4.82. The van der Waals surface area contributed by atoms with E-state index in [-0.39, 0.29) is 32.2 Å². The molecule has 0 saturated carbocycles. The van der Waals surface area contributed by atoms with E-state index < -0.39 is 97.1 Å². The van der Waals surface area contributed by atoms with E-state index in [2.05, 4.69) is 26.6 Å². The zero-order valence-corrected chi connectivity index (χ0v) is 30.8. The van der Waals surface area contributed by atoms with Crippen molar-refractivity contribution in [3.63, 3.8) is 0 Å². The van der Waals surface area contributed by atoms with Crippen LogP contribution in [-0.2, 0) is 51.2 Å². The first-order chi connectivity index (χ1) is 25.3. The summed E-state index contributed by atoms with van der Waals surface area (Å²) in [6, 6.07) is -1.28. The molecule has 0 aliphatic carbocycles. The maximum atomic E-state index is 15.2. The summed E-state index contributed by atoms with van der Waals surface area (Å²) < 4.78 is 27.9. The third-order valence-corrected chi connectivity index (χ3v) is 11.1. The third-order valence-electron chi connectivity index (χ3n) is 10.4. The zero-order chi connectivity index (χ0) is 38.4. The number of rotatable bonds is 9. The van der Waals surface area contributed by atoms with Crippen LogP contribution in [0.3, 0.4) is 0 Å². The molecule has 7 rings (SSSR count). The van der Waals surface area contributed by atoms with Crippen LogP contribution in [0, 0.1) is 0 Å².